The number of pyridine rings is 1. The molecule has 21 heavy (non-hydrogen) atoms. The average molecular weight is 349 g/mol. The normalized spacial score (nSPS) is 19.7. The maximum absolute atomic E-state index is 12.5. The van der Waals surface area contributed by atoms with Crippen molar-refractivity contribution in [1.29, 1.82) is 0 Å². The minimum atomic E-state index is -1.13. The molecule has 0 saturated heterocycles. The first-order chi connectivity index (χ1) is 9.79. The Balaban J connectivity index is 2.25. The summed E-state index contributed by atoms with van der Waals surface area (Å²) in [5.74, 6) is 0.468. The Hall–Kier alpha value is -0.0000000000000000555. The second-order valence-corrected chi connectivity index (χ2v) is 9.33. The lowest BCUT2D eigenvalue weighted by atomic mass is 9.93. The molecule has 0 radical (unpaired) electrons. The molecule has 0 amide bonds. The zero-order valence-electron chi connectivity index (χ0n) is 12.7. The van der Waals surface area contributed by atoms with Gasteiger partial charge in [0.05, 0.1) is 11.1 Å². The van der Waals surface area contributed by atoms with Crippen LogP contribution in [0.5, 0.6) is 0 Å². The highest BCUT2D eigenvalue weighted by molar-refractivity contribution is 7.90. The molecule has 1 aromatic rings. The average Bonchev–Trinajstić information content (AvgIpc) is 2.91. The van der Waals surface area contributed by atoms with Crippen LogP contribution in [-0.4, -0.2) is 14.3 Å². The second-order valence-electron chi connectivity index (χ2n) is 6.56. The van der Waals surface area contributed by atoms with Crippen LogP contribution in [0.3, 0.4) is 0 Å². The summed E-state index contributed by atoms with van der Waals surface area (Å²) in [6.45, 7) is 5.90. The lowest BCUT2D eigenvalue weighted by Gasteiger charge is -2.31. The van der Waals surface area contributed by atoms with Gasteiger partial charge in [-0.15, -0.1) is 4.72 Å². The molecule has 2 atom stereocenters. The first-order valence-electron chi connectivity index (χ1n) is 7.28. The van der Waals surface area contributed by atoms with Crippen molar-refractivity contribution in [2.75, 3.05) is 0 Å². The van der Waals surface area contributed by atoms with Gasteiger partial charge in [-0.2, -0.15) is 0 Å². The fourth-order valence-corrected chi connectivity index (χ4v) is 3.82. The topological polar surface area (TPSA) is 48.0 Å². The Morgan fingerprint density at radius 2 is 1.95 bits per heavy atom. The molecule has 0 bridgehead atoms. The van der Waals surface area contributed by atoms with Gasteiger partial charge in [0, 0.05) is 17.6 Å². The van der Waals surface area contributed by atoms with Crippen molar-refractivity contribution in [2.45, 2.75) is 57.2 Å². The van der Waals surface area contributed by atoms with Crippen LogP contribution >= 0.6 is 23.2 Å². The Labute approximate surface area is 140 Å². The number of nitrogens with zero attached hydrogens (tertiary/aromatic N) is 1. The molecule has 0 aromatic carbocycles. The third-order valence-electron chi connectivity index (χ3n) is 3.84. The summed E-state index contributed by atoms with van der Waals surface area (Å²) in [7, 11) is 0. The molecule has 0 spiro atoms. The molecule has 1 fully saturated rings. The van der Waals surface area contributed by atoms with E-state index in [9.17, 15) is 4.55 Å². The van der Waals surface area contributed by atoms with E-state index in [1.807, 2.05) is 26.8 Å². The van der Waals surface area contributed by atoms with Gasteiger partial charge in [0.2, 0.25) is 0 Å². The molecule has 2 rings (SSSR count). The highest BCUT2D eigenvalue weighted by Crippen LogP contribution is 2.38. The van der Waals surface area contributed by atoms with E-state index in [1.165, 1.54) is 12.8 Å². The molecule has 0 aliphatic heterocycles. The SMILES string of the molecule is CC(C)(C)[S+]([O-])N[C@@H](c1cnc(Cl)c(Cl)c1)C1CCCC1. The van der Waals surface area contributed by atoms with Crippen LogP contribution in [0.4, 0.5) is 0 Å². The van der Waals surface area contributed by atoms with E-state index < -0.39 is 11.4 Å². The molecule has 3 nitrogen and oxygen atoms in total. The third kappa shape index (κ3) is 4.49. The number of halogens is 2. The molecule has 1 aliphatic carbocycles. The third-order valence-corrected chi connectivity index (χ3v) is 6.10. The van der Waals surface area contributed by atoms with Crippen molar-refractivity contribution in [3.8, 4) is 0 Å². The van der Waals surface area contributed by atoms with E-state index >= 15 is 0 Å². The first kappa shape index (κ1) is 17.4. The summed E-state index contributed by atoms with van der Waals surface area (Å²) < 4.78 is 15.5. The van der Waals surface area contributed by atoms with Crippen LogP contribution in [0.25, 0.3) is 0 Å². The molecular formula is C15H22Cl2N2OS. The number of aromatic nitrogens is 1. The molecule has 1 saturated carbocycles. The standard InChI is InChI=1S/C15H22Cl2N2OS/c1-15(2,3)21(20)19-13(10-6-4-5-7-10)11-8-12(16)14(17)18-9-11/h8-10,13,19H,4-7H2,1-3H3/t13-,21?/m1/s1. The van der Waals surface area contributed by atoms with Crippen molar-refractivity contribution in [3.63, 3.8) is 0 Å². The molecule has 1 aromatic heterocycles. The van der Waals surface area contributed by atoms with Crippen LogP contribution in [0.1, 0.15) is 58.1 Å². The summed E-state index contributed by atoms with van der Waals surface area (Å²) in [5.41, 5.74) is 0.967. The van der Waals surface area contributed by atoms with E-state index in [-0.39, 0.29) is 10.8 Å². The van der Waals surface area contributed by atoms with Crippen LogP contribution in [-0.2, 0) is 11.4 Å². The monoisotopic (exact) mass is 348 g/mol. The number of hydrogen-bond donors (Lipinski definition) is 1. The minimum Gasteiger partial charge on any atom is -0.598 e. The quantitative estimate of drug-likeness (QED) is 0.635. The molecule has 6 heteroatoms. The zero-order valence-corrected chi connectivity index (χ0v) is 15.0. The Morgan fingerprint density at radius 1 is 1.33 bits per heavy atom. The van der Waals surface area contributed by atoms with Gasteiger partial charge in [-0.25, -0.2) is 4.98 Å². The van der Waals surface area contributed by atoms with Crippen LogP contribution in [0.2, 0.25) is 10.2 Å². The lowest BCUT2D eigenvalue weighted by Crippen LogP contribution is -2.43. The van der Waals surface area contributed by atoms with Gasteiger partial charge in [-0.1, -0.05) is 36.0 Å². The van der Waals surface area contributed by atoms with Gasteiger partial charge < -0.3 is 4.55 Å². The van der Waals surface area contributed by atoms with Gasteiger partial charge in [0.25, 0.3) is 0 Å². The number of hydrogen-bond acceptors (Lipinski definition) is 3. The second kappa shape index (κ2) is 7.05. The van der Waals surface area contributed by atoms with Crippen LogP contribution < -0.4 is 4.72 Å². The molecule has 1 N–H and O–H groups in total. The zero-order chi connectivity index (χ0) is 15.6. The van der Waals surface area contributed by atoms with Crippen molar-refractivity contribution in [3.05, 3.63) is 28.0 Å². The fourth-order valence-electron chi connectivity index (χ4n) is 2.63. The van der Waals surface area contributed by atoms with Crippen molar-refractivity contribution >= 4 is 34.6 Å². The predicted molar refractivity (Wildman–Crippen MR) is 90.0 cm³/mol. The summed E-state index contributed by atoms with van der Waals surface area (Å²) in [5, 5.41) is 0.753. The van der Waals surface area contributed by atoms with E-state index in [4.69, 9.17) is 23.2 Å². The highest BCUT2D eigenvalue weighted by Gasteiger charge is 2.35. The summed E-state index contributed by atoms with van der Waals surface area (Å²) in [6.07, 6.45) is 6.46. The lowest BCUT2D eigenvalue weighted by molar-refractivity contribution is 0.404. The van der Waals surface area contributed by atoms with Gasteiger partial charge in [0.15, 0.2) is 0 Å². The summed E-state index contributed by atoms with van der Waals surface area (Å²) in [6, 6.07) is 1.85. The maximum Gasteiger partial charge on any atom is 0.147 e. The van der Waals surface area contributed by atoms with Gasteiger partial charge in [0.1, 0.15) is 9.90 Å². The molecule has 1 heterocycles. The van der Waals surface area contributed by atoms with E-state index in [2.05, 4.69) is 9.71 Å². The van der Waals surface area contributed by atoms with Crippen molar-refractivity contribution in [1.82, 2.24) is 9.71 Å². The van der Waals surface area contributed by atoms with E-state index in [0.717, 1.165) is 18.4 Å². The van der Waals surface area contributed by atoms with Gasteiger partial charge in [-0.3, -0.25) is 0 Å². The van der Waals surface area contributed by atoms with Crippen molar-refractivity contribution < 1.29 is 4.55 Å². The fraction of sp³-hybridized carbons (Fsp3) is 0.667. The largest absolute Gasteiger partial charge is 0.598 e. The smallest absolute Gasteiger partial charge is 0.147 e. The highest BCUT2D eigenvalue weighted by atomic mass is 35.5. The first-order valence-corrected chi connectivity index (χ1v) is 9.18. The molecular weight excluding hydrogens is 327 g/mol. The molecule has 1 aliphatic rings. The molecule has 1 unspecified atom stereocenters. The number of rotatable bonds is 4. The van der Waals surface area contributed by atoms with E-state index in [1.54, 1.807) is 6.20 Å². The minimum absolute atomic E-state index is 0.00910. The van der Waals surface area contributed by atoms with Crippen LogP contribution in [0.15, 0.2) is 12.3 Å². The Bertz CT molecular complexity index is 487. The Kier molecular flexibility index (Phi) is 5.83. The number of nitrogens with one attached hydrogen (secondary N) is 1. The molecule has 118 valence electrons. The van der Waals surface area contributed by atoms with Gasteiger partial charge >= 0.3 is 0 Å². The summed E-state index contributed by atoms with van der Waals surface area (Å²) in [4.78, 5) is 4.13. The summed E-state index contributed by atoms with van der Waals surface area (Å²) >= 11 is 10.9. The predicted octanol–water partition coefficient (Wildman–Crippen LogP) is 4.67. The van der Waals surface area contributed by atoms with E-state index in [0.29, 0.717) is 16.1 Å². The van der Waals surface area contributed by atoms with Crippen LogP contribution in [0, 0.1) is 5.92 Å². The van der Waals surface area contributed by atoms with Gasteiger partial charge in [-0.05, 0) is 51.2 Å². The Morgan fingerprint density at radius 3 is 2.48 bits per heavy atom. The van der Waals surface area contributed by atoms with Crippen molar-refractivity contribution in [2.24, 2.45) is 5.92 Å². The maximum atomic E-state index is 12.5.